The average molecular weight is 297 g/mol. The highest BCUT2D eigenvalue weighted by atomic mass is 19.1. The van der Waals surface area contributed by atoms with Crippen molar-refractivity contribution in [2.24, 2.45) is 0 Å². The summed E-state index contributed by atoms with van der Waals surface area (Å²) in [5.41, 5.74) is 3.50. The molecule has 0 unspecified atom stereocenters. The minimum Gasteiger partial charge on any atom is -0.392 e. The Morgan fingerprint density at radius 2 is 1.32 bits per heavy atom. The summed E-state index contributed by atoms with van der Waals surface area (Å²) >= 11 is 0. The highest BCUT2D eigenvalue weighted by Crippen LogP contribution is 2.33. The molecule has 0 fully saturated rings. The fraction of sp³-hybridized carbons (Fsp3) is 0.0556. The summed E-state index contributed by atoms with van der Waals surface area (Å²) in [6.45, 7) is -0.163. The zero-order chi connectivity index (χ0) is 15.5. The SMILES string of the molecule is OCc1ccnc(-c2ccc(F)cc2)c1-c1ccc(F)cc1. The summed E-state index contributed by atoms with van der Waals surface area (Å²) in [7, 11) is 0. The third kappa shape index (κ3) is 2.73. The van der Waals surface area contributed by atoms with Crippen LogP contribution in [0.1, 0.15) is 5.56 Å². The minimum atomic E-state index is -0.332. The molecular weight excluding hydrogens is 284 g/mol. The third-order valence-electron chi connectivity index (χ3n) is 3.46. The van der Waals surface area contributed by atoms with Crippen molar-refractivity contribution in [2.45, 2.75) is 6.61 Å². The topological polar surface area (TPSA) is 33.1 Å². The maximum Gasteiger partial charge on any atom is 0.123 e. The molecular formula is C18H13F2NO. The summed E-state index contributed by atoms with van der Waals surface area (Å²) in [4.78, 5) is 4.36. The maximum atomic E-state index is 13.1. The number of aliphatic hydroxyl groups is 1. The predicted molar refractivity (Wildman–Crippen MR) is 80.9 cm³/mol. The quantitative estimate of drug-likeness (QED) is 0.786. The second-order valence-corrected chi connectivity index (χ2v) is 4.87. The van der Waals surface area contributed by atoms with E-state index in [2.05, 4.69) is 4.98 Å². The van der Waals surface area contributed by atoms with Gasteiger partial charge in [-0.25, -0.2) is 8.78 Å². The number of benzene rings is 2. The molecule has 0 saturated heterocycles. The second-order valence-electron chi connectivity index (χ2n) is 4.87. The van der Waals surface area contributed by atoms with Gasteiger partial charge >= 0.3 is 0 Å². The lowest BCUT2D eigenvalue weighted by Gasteiger charge is -2.13. The Kier molecular flexibility index (Phi) is 3.94. The van der Waals surface area contributed by atoms with Crippen LogP contribution in [0, 0.1) is 11.6 Å². The monoisotopic (exact) mass is 297 g/mol. The Labute approximate surface area is 126 Å². The molecule has 0 bridgehead atoms. The van der Waals surface area contributed by atoms with Gasteiger partial charge in [-0.1, -0.05) is 12.1 Å². The van der Waals surface area contributed by atoms with Gasteiger partial charge < -0.3 is 5.11 Å². The average Bonchev–Trinajstić information content (AvgIpc) is 2.56. The number of nitrogens with zero attached hydrogens (tertiary/aromatic N) is 1. The van der Waals surface area contributed by atoms with Crippen LogP contribution < -0.4 is 0 Å². The van der Waals surface area contributed by atoms with Gasteiger partial charge in [0.1, 0.15) is 11.6 Å². The van der Waals surface area contributed by atoms with Gasteiger partial charge in [-0.15, -0.1) is 0 Å². The summed E-state index contributed by atoms with van der Waals surface area (Å²) in [6, 6.07) is 13.7. The van der Waals surface area contributed by atoms with E-state index >= 15 is 0 Å². The van der Waals surface area contributed by atoms with E-state index in [0.717, 1.165) is 16.7 Å². The minimum absolute atomic E-state index is 0.163. The van der Waals surface area contributed by atoms with Gasteiger partial charge in [0.15, 0.2) is 0 Å². The van der Waals surface area contributed by atoms with E-state index in [1.54, 1.807) is 36.5 Å². The highest BCUT2D eigenvalue weighted by molar-refractivity contribution is 5.83. The van der Waals surface area contributed by atoms with Gasteiger partial charge in [0.25, 0.3) is 0 Å². The molecule has 1 heterocycles. The van der Waals surface area contributed by atoms with Crippen molar-refractivity contribution in [3.63, 3.8) is 0 Å². The molecule has 1 aromatic heterocycles. The molecule has 0 aliphatic carbocycles. The lowest BCUT2D eigenvalue weighted by Crippen LogP contribution is -1.96. The molecule has 110 valence electrons. The second kappa shape index (κ2) is 6.03. The van der Waals surface area contributed by atoms with Gasteiger partial charge in [-0.2, -0.15) is 0 Å². The zero-order valence-electron chi connectivity index (χ0n) is 11.6. The summed E-state index contributed by atoms with van der Waals surface area (Å²) < 4.78 is 26.3. The highest BCUT2D eigenvalue weighted by Gasteiger charge is 2.13. The Bertz CT molecular complexity index is 783. The van der Waals surface area contributed by atoms with Crippen molar-refractivity contribution >= 4 is 0 Å². The molecule has 0 spiro atoms. The van der Waals surface area contributed by atoms with Crippen LogP contribution in [-0.2, 0) is 6.61 Å². The largest absolute Gasteiger partial charge is 0.392 e. The number of hydrogen-bond donors (Lipinski definition) is 1. The molecule has 0 atom stereocenters. The van der Waals surface area contributed by atoms with Crippen molar-refractivity contribution < 1.29 is 13.9 Å². The van der Waals surface area contributed by atoms with Gasteiger partial charge in [-0.3, -0.25) is 4.98 Å². The maximum absolute atomic E-state index is 13.1. The molecule has 22 heavy (non-hydrogen) atoms. The van der Waals surface area contributed by atoms with Crippen molar-refractivity contribution in [2.75, 3.05) is 0 Å². The molecule has 3 aromatic rings. The van der Waals surface area contributed by atoms with Crippen LogP contribution in [0.2, 0.25) is 0 Å². The number of aliphatic hydroxyl groups excluding tert-OH is 1. The van der Waals surface area contributed by atoms with Crippen molar-refractivity contribution in [3.05, 3.63) is 78.0 Å². The van der Waals surface area contributed by atoms with Crippen LogP contribution in [0.3, 0.4) is 0 Å². The van der Waals surface area contributed by atoms with E-state index in [1.807, 2.05) is 0 Å². The Hall–Kier alpha value is -2.59. The first-order valence-corrected chi connectivity index (χ1v) is 6.79. The molecule has 4 heteroatoms. The zero-order valence-corrected chi connectivity index (χ0v) is 11.6. The molecule has 2 nitrogen and oxygen atoms in total. The van der Waals surface area contributed by atoms with Crippen LogP contribution in [0.5, 0.6) is 0 Å². The molecule has 0 aliphatic heterocycles. The first-order valence-electron chi connectivity index (χ1n) is 6.79. The summed E-state index contributed by atoms with van der Waals surface area (Å²) in [5, 5.41) is 9.59. The Morgan fingerprint density at radius 1 is 0.773 bits per heavy atom. The van der Waals surface area contributed by atoms with E-state index in [4.69, 9.17) is 0 Å². The van der Waals surface area contributed by atoms with Crippen LogP contribution >= 0.6 is 0 Å². The molecule has 0 radical (unpaired) electrons. The fourth-order valence-corrected chi connectivity index (χ4v) is 2.40. The number of halogens is 2. The Balaban J connectivity index is 2.22. The normalized spacial score (nSPS) is 10.7. The number of aromatic nitrogens is 1. The molecule has 2 aromatic carbocycles. The first kappa shape index (κ1) is 14.4. The van der Waals surface area contributed by atoms with Crippen molar-refractivity contribution in [1.29, 1.82) is 0 Å². The fourth-order valence-electron chi connectivity index (χ4n) is 2.40. The summed E-state index contributed by atoms with van der Waals surface area (Å²) in [6.07, 6.45) is 1.59. The standard InChI is InChI=1S/C18H13F2NO/c19-15-5-1-12(2-6-15)17-14(11-22)9-10-21-18(17)13-3-7-16(20)8-4-13/h1-10,22H,11H2. The van der Waals surface area contributed by atoms with Crippen LogP contribution in [0.4, 0.5) is 8.78 Å². The molecule has 1 N–H and O–H groups in total. The third-order valence-corrected chi connectivity index (χ3v) is 3.46. The number of pyridine rings is 1. The number of rotatable bonds is 3. The van der Waals surface area contributed by atoms with Gasteiger partial charge in [-0.05, 0) is 53.6 Å². The van der Waals surface area contributed by atoms with Gasteiger partial charge in [0.2, 0.25) is 0 Å². The lowest BCUT2D eigenvalue weighted by molar-refractivity contribution is 0.282. The smallest absolute Gasteiger partial charge is 0.123 e. The predicted octanol–water partition coefficient (Wildman–Crippen LogP) is 4.19. The molecule has 3 rings (SSSR count). The van der Waals surface area contributed by atoms with Crippen LogP contribution in [0.25, 0.3) is 22.4 Å². The van der Waals surface area contributed by atoms with E-state index < -0.39 is 0 Å². The molecule has 0 amide bonds. The summed E-state index contributed by atoms with van der Waals surface area (Å²) in [5.74, 6) is -0.660. The molecule has 0 aliphatic rings. The van der Waals surface area contributed by atoms with Crippen LogP contribution in [0.15, 0.2) is 60.8 Å². The van der Waals surface area contributed by atoms with Gasteiger partial charge in [0.05, 0.1) is 12.3 Å². The molecule has 0 saturated carbocycles. The van der Waals surface area contributed by atoms with Crippen molar-refractivity contribution in [1.82, 2.24) is 4.98 Å². The van der Waals surface area contributed by atoms with E-state index in [9.17, 15) is 13.9 Å². The Morgan fingerprint density at radius 3 is 1.86 bits per heavy atom. The first-order chi connectivity index (χ1) is 10.7. The van der Waals surface area contributed by atoms with Gasteiger partial charge in [0, 0.05) is 17.3 Å². The van der Waals surface area contributed by atoms with E-state index in [-0.39, 0.29) is 18.2 Å². The van der Waals surface area contributed by atoms with E-state index in [0.29, 0.717) is 11.3 Å². The lowest BCUT2D eigenvalue weighted by atomic mass is 9.95. The van der Waals surface area contributed by atoms with Crippen LogP contribution in [-0.4, -0.2) is 10.1 Å². The number of hydrogen-bond acceptors (Lipinski definition) is 2. The van der Waals surface area contributed by atoms with E-state index in [1.165, 1.54) is 24.3 Å². The van der Waals surface area contributed by atoms with Crippen molar-refractivity contribution in [3.8, 4) is 22.4 Å².